The molecule has 1 saturated heterocycles. The van der Waals surface area contributed by atoms with E-state index < -0.39 is 0 Å². The van der Waals surface area contributed by atoms with E-state index in [1.165, 1.54) is 0 Å². The van der Waals surface area contributed by atoms with Crippen molar-refractivity contribution in [3.8, 4) is 11.5 Å². The molecule has 1 N–H and O–H groups in total. The van der Waals surface area contributed by atoms with Crippen molar-refractivity contribution in [2.45, 2.75) is 19.3 Å². The summed E-state index contributed by atoms with van der Waals surface area (Å²) in [5.74, 6) is 1.42. The van der Waals surface area contributed by atoms with E-state index in [2.05, 4.69) is 15.5 Å². The molecule has 1 amide bonds. The number of hydrogen-bond donors (Lipinski definition) is 1. The highest BCUT2D eigenvalue weighted by Gasteiger charge is 2.16. The highest BCUT2D eigenvalue weighted by atomic mass is 16.5. The summed E-state index contributed by atoms with van der Waals surface area (Å²) in [7, 11) is 0. The summed E-state index contributed by atoms with van der Waals surface area (Å²) in [5, 5.41) is 10.9. The van der Waals surface area contributed by atoms with Gasteiger partial charge in [-0.3, -0.25) is 4.79 Å². The average molecular weight is 301 g/mol. The minimum Gasteiger partial charge on any atom is -0.421 e. The number of aromatic nitrogens is 2. The number of hydrogen-bond acceptors (Lipinski definition) is 5. The Labute approximate surface area is 128 Å². The van der Waals surface area contributed by atoms with Gasteiger partial charge in [0.1, 0.15) is 0 Å². The van der Waals surface area contributed by atoms with E-state index in [1.807, 2.05) is 30.3 Å². The molecular weight excluding hydrogens is 282 g/mol. The van der Waals surface area contributed by atoms with E-state index in [1.54, 1.807) is 0 Å². The molecule has 1 aromatic heterocycles. The Morgan fingerprint density at radius 3 is 2.91 bits per heavy atom. The molecule has 1 aliphatic rings. The maximum absolute atomic E-state index is 11.8. The number of rotatable bonds is 6. The SMILES string of the molecule is O=C(CCc1nnc(-c2ccccc2)o1)NCC1CCOC1. The zero-order chi connectivity index (χ0) is 15.2. The van der Waals surface area contributed by atoms with Crippen molar-refractivity contribution in [1.82, 2.24) is 15.5 Å². The van der Waals surface area contributed by atoms with Crippen molar-refractivity contribution in [2.24, 2.45) is 5.92 Å². The molecule has 6 heteroatoms. The van der Waals surface area contributed by atoms with Gasteiger partial charge in [-0.2, -0.15) is 0 Å². The van der Waals surface area contributed by atoms with Crippen molar-refractivity contribution >= 4 is 5.91 Å². The third kappa shape index (κ3) is 3.92. The Morgan fingerprint density at radius 2 is 2.14 bits per heavy atom. The van der Waals surface area contributed by atoms with Crippen LogP contribution in [0.4, 0.5) is 0 Å². The van der Waals surface area contributed by atoms with Crippen molar-refractivity contribution in [1.29, 1.82) is 0 Å². The number of ether oxygens (including phenoxy) is 1. The van der Waals surface area contributed by atoms with E-state index >= 15 is 0 Å². The summed E-state index contributed by atoms with van der Waals surface area (Å²) in [5.41, 5.74) is 0.881. The number of nitrogens with zero attached hydrogens (tertiary/aromatic N) is 2. The van der Waals surface area contributed by atoms with Gasteiger partial charge in [0, 0.05) is 37.5 Å². The van der Waals surface area contributed by atoms with Gasteiger partial charge in [-0.1, -0.05) is 18.2 Å². The third-order valence-corrected chi connectivity index (χ3v) is 3.67. The molecule has 0 saturated carbocycles. The van der Waals surface area contributed by atoms with Crippen LogP contribution in [0.25, 0.3) is 11.5 Å². The maximum atomic E-state index is 11.8. The van der Waals surface area contributed by atoms with Gasteiger partial charge in [0.25, 0.3) is 0 Å². The molecule has 1 atom stereocenters. The quantitative estimate of drug-likeness (QED) is 0.880. The van der Waals surface area contributed by atoms with Crippen LogP contribution in [0.2, 0.25) is 0 Å². The van der Waals surface area contributed by atoms with E-state index in [0.717, 1.165) is 25.2 Å². The fourth-order valence-electron chi connectivity index (χ4n) is 2.36. The number of carbonyl (C=O) groups is 1. The Morgan fingerprint density at radius 1 is 1.27 bits per heavy atom. The number of carbonyl (C=O) groups excluding carboxylic acids is 1. The third-order valence-electron chi connectivity index (χ3n) is 3.67. The molecule has 0 spiro atoms. The zero-order valence-electron chi connectivity index (χ0n) is 12.3. The molecule has 0 bridgehead atoms. The highest BCUT2D eigenvalue weighted by Crippen LogP contribution is 2.17. The van der Waals surface area contributed by atoms with Gasteiger partial charge < -0.3 is 14.5 Å². The lowest BCUT2D eigenvalue weighted by molar-refractivity contribution is -0.121. The van der Waals surface area contributed by atoms with Crippen LogP contribution in [0.5, 0.6) is 0 Å². The molecule has 0 radical (unpaired) electrons. The van der Waals surface area contributed by atoms with Crippen LogP contribution >= 0.6 is 0 Å². The zero-order valence-corrected chi connectivity index (χ0v) is 12.3. The molecule has 1 fully saturated rings. The largest absolute Gasteiger partial charge is 0.421 e. The Bertz CT molecular complexity index is 606. The summed E-state index contributed by atoms with van der Waals surface area (Å²) < 4.78 is 10.9. The molecule has 3 rings (SSSR count). The monoisotopic (exact) mass is 301 g/mol. The van der Waals surface area contributed by atoms with E-state index in [4.69, 9.17) is 9.15 Å². The number of amides is 1. The van der Waals surface area contributed by atoms with Gasteiger partial charge in [-0.05, 0) is 18.6 Å². The van der Waals surface area contributed by atoms with Crippen LogP contribution < -0.4 is 5.32 Å². The van der Waals surface area contributed by atoms with Crippen molar-refractivity contribution in [3.63, 3.8) is 0 Å². The lowest BCUT2D eigenvalue weighted by Gasteiger charge is -2.08. The number of nitrogens with one attached hydrogen (secondary N) is 1. The summed E-state index contributed by atoms with van der Waals surface area (Å²) >= 11 is 0. The van der Waals surface area contributed by atoms with Gasteiger partial charge in [0.2, 0.25) is 17.7 Å². The standard InChI is InChI=1S/C16H19N3O3/c20-14(17-10-12-8-9-21-11-12)6-7-15-18-19-16(22-15)13-4-2-1-3-5-13/h1-5,12H,6-11H2,(H,17,20). The van der Waals surface area contributed by atoms with E-state index in [-0.39, 0.29) is 5.91 Å². The smallest absolute Gasteiger partial charge is 0.247 e. The van der Waals surface area contributed by atoms with Gasteiger partial charge >= 0.3 is 0 Å². The van der Waals surface area contributed by atoms with Gasteiger partial charge in [-0.25, -0.2) is 0 Å². The van der Waals surface area contributed by atoms with E-state index in [0.29, 0.717) is 37.1 Å². The predicted octanol–water partition coefficient (Wildman–Crippen LogP) is 1.82. The normalized spacial score (nSPS) is 17.5. The molecule has 1 unspecified atom stereocenters. The van der Waals surface area contributed by atoms with Crippen molar-refractivity contribution in [2.75, 3.05) is 19.8 Å². The fourth-order valence-corrected chi connectivity index (χ4v) is 2.36. The summed E-state index contributed by atoms with van der Waals surface area (Å²) in [6.07, 6.45) is 1.82. The van der Waals surface area contributed by atoms with Crippen LogP contribution in [0.3, 0.4) is 0 Å². The average Bonchev–Trinajstić information content (AvgIpc) is 3.23. The summed E-state index contributed by atoms with van der Waals surface area (Å²) in [6, 6.07) is 9.58. The topological polar surface area (TPSA) is 77.2 Å². The van der Waals surface area contributed by atoms with Crippen LogP contribution in [0.1, 0.15) is 18.7 Å². The molecule has 6 nitrogen and oxygen atoms in total. The van der Waals surface area contributed by atoms with Crippen LogP contribution in [0.15, 0.2) is 34.7 Å². The molecule has 1 aliphatic heterocycles. The molecule has 2 heterocycles. The maximum Gasteiger partial charge on any atom is 0.247 e. The fraction of sp³-hybridized carbons (Fsp3) is 0.438. The Balaban J connectivity index is 1.45. The molecule has 116 valence electrons. The van der Waals surface area contributed by atoms with Crippen LogP contribution in [-0.2, 0) is 16.0 Å². The molecular formula is C16H19N3O3. The number of aryl methyl sites for hydroxylation is 1. The predicted molar refractivity (Wildman–Crippen MR) is 80.0 cm³/mol. The lowest BCUT2D eigenvalue weighted by atomic mass is 10.1. The minimum absolute atomic E-state index is 0.00589. The summed E-state index contributed by atoms with van der Waals surface area (Å²) in [6.45, 7) is 2.22. The van der Waals surface area contributed by atoms with Crippen LogP contribution in [-0.4, -0.2) is 35.9 Å². The van der Waals surface area contributed by atoms with E-state index in [9.17, 15) is 4.79 Å². The molecule has 22 heavy (non-hydrogen) atoms. The summed E-state index contributed by atoms with van der Waals surface area (Å²) in [4.78, 5) is 11.8. The first-order valence-corrected chi connectivity index (χ1v) is 7.53. The second-order valence-electron chi connectivity index (χ2n) is 5.40. The van der Waals surface area contributed by atoms with Gasteiger partial charge in [0.15, 0.2) is 0 Å². The second-order valence-corrected chi connectivity index (χ2v) is 5.40. The van der Waals surface area contributed by atoms with Crippen LogP contribution in [0, 0.1) is 5.92 Å². The van der Waals surface area contributed by atoms with Crippen molar-refractivity contribution < 1.29 is 13.9 Å². The Kier molecular flexibility index (Phi) is 4.80. The Hall–Kier alpha value is -2.21. The highest BCUT2D eigenvalue weighted by molar-refractivity contribution is 5.76. The molecule has 2 aromatic rings. The first-order valence-electron chi connectivity index (χ1n) is 7.53. The first kappa shape index (κ1) is 14.7. The first-order chi connectivity index (χ1) is 10.8. The lowest BCUT2D eigenvalue weighted by Crippen LogP contribution is -2.29. The molecule has 1 aromatic carbocycles. The molecule has 0 aliphatic carbocycles. The van der Waals surface area contributed by atoms with Gasteiger partial charge in [0.05, 0.1) is 6.61 Å². The minimum atomic E-state index is 0.00589. The number of benzene rings is 1. The van der Waals surface area contributed by atoms with Crippen molar-refractivity contribution in [3.05, 3.63) is 36.2 Å². The second kappa shape index (κ2) is 7.17. The van der Waals surface area contributed by atoms with Gasteiger partial charge in [-0.15, -0.1) is 10.2 Å².